The molecule has 0 aromatic heterocycles. The Bertz CT molecular complexity index is 904. The topological polar surface area (TPSA) is 79.8 Å². The summed E-state index contributed by atoms with van der Waals surface area (Å²) in [5, 5.41) is 4.74. The zero-order chi connectivity index (χ0) is 20.9. The highest BCUT2D eigenvalue weighted by Gasteiger charge is 2.21. The van der Waals surface area contributed by atoms with Crippen LogP contribution in [0.3, 0.4) is 0 Å². The van der Waals surface area contributed by atoms with E-state index in [2.05, 4.69) is 57.3 Å². The third-order valence-corrected chi connectivity index (χ3v) is 5.98. The van der Waals surface area contributed by atoms with Crippen molar-refractivity contribution < 1.29 is 18.5 Å². The van der Waals surface area contributed by atoms with Gasteiger partial charge in [0, 0.05) is 17.7 Å². The SMILES string of the molecule is CC(C)c1ccc([C@@H]([NH2+]CC(=O)Nc2ccccc2S(C)(=O)=O)C(C)C)cc1. The van der Waals surface area contributed by atoms with Crippen LogP contribution in [0.1, 0.15) is 50.8 Å². The van der Waals surface area contributed by atoms with Crippen LogP contribution in [-0.2, 0) is 14.6 Å². The highest BCUT2D eigenvalue weighted by atomic mass is 32.2. The number of benzene rings is 2. The van der Waals surface area contributed by atoms with Gasteiger partial charge in [0.25, 0.3) is 5.91 Å². The Morgan fingerprint density at radius 3 is 2.07 bits per heavy atom. The van der Waals surface area contributed by atoms with E-state index in [1.54, 1.807) is 18.2 Å². The maximum absolute atomic E-state index is 12.5. The molecule has 0 fully saturated rings. The number of anilines is 1. The van der Waals surface area contributed by atoms with Gasteiger partial charge in [-0.25, -0.2) is 8.42 Å². The van der Waals surface area contributed by atoms with E-state index in [0.717, 1.165) is 6.26 Å². The molecule has 2 aromatic carbocycles. The number of sulfone groups is 1. The molecular formula is C22H31N2O3S+. The zero-order valence-electron chi connectivity index (χ0n) is 17.3. The molecule has 152 valence electrons. The molecule has 0 aliphatic carbocycles. The summed E-state index contributed by atoms with van der Waals surface area (Å²) in [5.74, 6) is 0.609. The highest BCUT2D eigenvalue weighted by molar-refractivity contribution is 7.90. The largest absolute Gasteiger partial charge is 0.332 e. The van der Waals surface area contributed by atoms with Crippen molar-refractivity contribution in [2.75, 3.05) is 18.1 Å². The summed E-state index contributed by atoms with van der Waals surface area (Å²) in [4.78, 5) is 12.6. The van der Waals surface area contributed by atoms with E-state index in [0.29, 0.717) is 17.5 Å². The molecule has 2 aromatic rings. The minimum atomic E-state index is -3.40. The third kappa shape index (κ3) is 5.91. The monoisotopic (exact) mass is 403 g/mol. The Kier molecular flexibility index (Phi) is 7.38. The van der Waals surface area contributed by atoms with Crippen LogP contribution in [0.2, 0.25) is 0 Å². The Morgan fingerprint density at radius 1 is 0.964 bits per heavy atom. The molecule has 0 aliphatic heterocycles. The molecule has 0 aliphatic rings. The fraction of sp³-hybridized carbons (Fsp3) is 0.409. The predicted molar refractivity (Wildman–Crippen MR) is 113 cm³/mol. The highest BCUT2D eigenvalue weighted by Crippen LogP contribution is 2.22. The van der Waals surface area contributed by atoms with Crippen molar-refractivity contribution in [3.8, 4) is 0 Å². The van der Waals surface area contributed by atoms with Gasteiger partial charge in [-0.2, -0.15) is 0 Å². The van der Waals surface area contributed by atoms with Crippen molar-refractivity contribution in [1.29, 1.82) is 0 Å². The lowest BCUT2D eigenvalue weighted by Crippen LogP contribution is -2.88. The van der Waals surface area contributed by atoms with Crippen LogP contribution >= 0.6 is 0 Å². The number of carbonyl (C=O) groups excluding carboxylic acids is 1. The minimum Gasteiger partial charge on any atom is -0.332 e. The number of hydrogen-bond donors (Lipinski definition) is 2. The molecule has 6 heteroatoms. The molecule has 0 heterocycles. The first-order valence-electron chi connectivity index (χ1n) is 9.61. The predicted octanol–water partition coefficient (Wildman–Crippen LogP) is 3.11. The van der Waals surface area contributed by atoms with Crippen LogP contribution in [-0.4, -0.2) is 27.1 Å². The van der Waals surface area contributed by atoms with E-state index in [1.807, 2.05) is 5.32 Å². The lowest BCUT2D eigenvalue weighted by molar-refractivity contribution is -0.692. The Morgan fingerprint density at radius 2 is 1.54 bits per heavy atom. The van der Waals surface area contributed by atoms with E-state index in [1.165, 1.54) is 17.2 Å². The standard InChI is InChI=1S/C22H30N2O3S/c1-15(2)17-10-12-18(13-11-17)22(16(3)4)23-14-21(25)24-19-8-6-7-9-20(19)28(5,26)27/h6-13,15-16,22-23H,14H2,1-5H3,(H,24,25)/p+1/t22-/m0/s1. The quantitative estimate of drug-likeness (QED) is 0.711. The van der Waals surface area contributed by atoms with E-state index in [-0.39, 0.29) is 23.4 Å². The first-order chi connectivity index (χ1) is 13.1. The number of nitrogens with one attached hydrogen (secondary N) is 1. The summed E-state index contributed by atoms with van der Waals surface area (Å²) in [7, 11) is -3.40. The lowest BCUT2D eigenvalue weighted by atomic mass is 9.93. The van der Waals surface area contributed by atoms with Crippen molar-refractivity contribution in [2.45, 2.75) is 44.6 Å². The molecule has 2 rings (SSSR count). The van der Waals surface area contributed by atoms with Crippen LogP contribution in [0.4, 0.5) is 5.69 Å². The second-order valence-corrected chi connectivity index (χ2v) is 9.83. The van der Waals surface area contributed by atoms with Crippen LogP contribution < -0.4 is 10.6 Å². The van der Waals surface area contributed by atoms with Gasteiger partial charge in [-0.3, -0.25) is 4.79 Å². The number of para-hydroxylation sites is 1. The van der Waals surface area contributed by atoms with Crippen molar-refractivity contribution in [3.05, 3.63) is 59.7 Å². The number of quaternary nitrogens is 1. The molecule has 1 amide bonds. The van der Waals surface area contributed by atoms with Gasteiger partial charge >= 0.3 is 0 Å². The summed E-state index contributed by atoms with van der Waals surface area (Å²) in [5.41, 5.74) is 2.80. The zero-order valence-corrected chi connectivity index (χ0v) is 18.1. The van der Waals surface area contributed by atoms with Gasteiger partial charge in [-0.1, -0.05) is 64.1 Å². The fourth-order valence-corrected chi connectivity index (χ4v) is 4.07. The van der Waals surface area contributed by atoms with Crippen molar-refractivity contribution >= 4 is 21.4 Å². The molecular weight excluding hydrogens is 372 g/mol. The smallest absolute Gasteiger partial charge is 0.279 e. The van der Waals surface area contributed by atoms with E-state index >= 15 is 0 Å². The second kappa shape index (κ2) is 9.34. The number of nitrogens with two attached hydrogens (primary N) is 1. The summed E-state index contributed by atoms with van der Waals surface area (Å²) in [6.45, 7) is 8.81. The van der Waals surface area contributed by atoms with Gasteiger partial charge in [0.2, 0.25) is 0 Å². The summed E-state index contributed by atoms with van der Waals surface area (Å²) in [6, 6.07) is 15.2. The molecule has 0 saturated carbocycles. The van der Waals surface area contributed by atoms with Crippen LogP contribution in [0, 0.1) is 5.92 Å². The van der Waals surface area contributed by atoms with Crippen molar-refractivity contribution in [1.82, 2.24) is 0 Å². The molecule has 28 heavy (non-hydrogen) atoms. The maximum atomic E-state index is 12.5. The number of carbonyl (C=O) groups is 1. The average molecular weight is 404 g/mol. The van der Waals surface area contributed by atoms with E-state index < -0.39 is 9.84 Å². The Labute approximate surface area is 168 Å². The van der Waals surface area contributed by atoms with Crippen LogP contribution in [0.5, 0.6) is 0 Å². The fourth-order valence-electron chi connectivity index (χ4n) is 3.22. The summed E-state index contributed by atoms with van der Waals surface area (Å²) < 4.78 is 23.8. The maximum Gasteiger partial charge on any atom is 0.279 e. The van der Waals surface area contributed by atoms with Crippen molar-refractivity contribution in [2.24, 2.45) is 5.92 Å². The molecule has 0 bridgehead atoms. The van der Waals surface area contributed by atoms with Gasteiger partial charge < -0.3 is 10.6 Å². The third-order valence-electron chi connectivity index (χ3n) is 4.82. The molecule has 3 N–H and O–H groups in total. The van der Waals surface area contributed by atoms with Gasteiger partial charge in [-0.05, 0) is 23.6 Å². The molecule has 0 saturated heterocycles. The number of hydrogen-bond acceptors (Lipinski definition) is 3. The van der Waals surface area contributed by atoms with Gasteiger partial charge in [-0.15, -0.1) is 0 Å². The molecule has 0 spiro atoms. The van der Waals surface area contributed by atoms with Gasteiger partial charge in [0.05, 0.1) is 10.6 Å². The Balaban J connectivity index is 2.07. The van der Waals surface area contributed by atoms with Crippen molar-refractivity contribution in [3.63, 3.8) is 0 Å². The first-order valence-corrected chi connectivity index (χ1v) is 11.5. The lowest BCUT2D eigenvalue weighted by Gasteiger charge is -2.20. The Hall–Kier alpha value is -2.18. The first kappa shape index (κ1) is 22.1. The average Bonchev–Trinajstić information content (AvgIpc) is 2.61. The molecule has 0 radical (unpaired) electrons. The van der Waals surface area contributed by atoms with E-state index in [4.69, 9.17) is 0 Å². The summed E-state index contributed by atoms with van der Waals surface area (Å²) >= 11 is 0. The minimum absolute atomic E-state index is 0.132. The molecule has 1 atom stereocenters. The number of rotatable bonds is 8. The van der Waals surface area contributed by atoms with Gasteiger partial charge in [0.1, 0.15) is 6.04 Å². The van der Waals surface area contributed by atoms with Crippen LogP contribution in [0.15, 0.2) is 53.4 Å². The van der Waals surface area contributed by atoms with E-state index in [9.17, 15) is 13.2 Å². The molecule has 5 nitrogen and oxygen atoms in total. The summed E-state index contributed by atoms with van der Waals surface area (Å²) in [6.07, 6.45) is 1.14. The molecule has 0 unspecified atom stereocenters. The number of amides is 1. The second-order valence-electron chi connectivity index (χ2n) is 7.85. The van der Waals surface area contributed by atoms with Crippen LogP contribution in [0.25, 0.3) is 0 Å². The normalized spacial score (nSPS) is 13.0. The van der Waals surface area contributed by atoms with Gasteiger partial charge in [0.15, 0.2) is 16.4 Å².